The van der Waals surface area contributed by atoms with E-state index in [-0.39, 0.29) is 23.7 Å². The van der Waals surface area contributed by atoms with Crippen molar-refractivity contribution in [2.75, 3.05) is 0 Å². The summed E-state index contributed by atoms with van der Waals surface area (Å²) in [5.41, 5.74) is 4.20. The van der Waals surface area contributed by atoms with Crippen molar-refractivity contribution < 1.29 is 9.59 Å². The van der Waals surface area contributed by atoms with Crippen LogP contribution in [-0.2, 0) is 22.7 Å². The Hall–Kier alpha value is -3.54. The van der Waals surface area contributed by atoms with Crippen LogP contribution in [0.25, 0.3) is 21.8 Å². The number of carbonyl (C=O) groups is 2. The smallest absolute Gasteiger partial charge is 0.224 e. The van der Waals surface area contributed by atoms with Crippen LogP contribution in [0.15, 0.2) is 60.9 Å². The molecule has 1 saturated carbocycles. The molecule has 6 nitrogen and oxygen atoms in total. The fourth-order valence-electron chi connectivity index (χ4n) is 4.98. The quantitative estimate of drug-likeness (QED) is 0.367. The fourth-order valence-corrected chi connectivity index (χ4v) is 4.98. The number of nitrogens with one attached hydrogen (secondary N) is 4. The van der Waals surface area contributed by atoms with Gasteiger partial charge in [0, 0.05) is 37.3 Å². The Labute approximate surface area is 186 Å². The highest BCUT2D eigenvalue weighted by Crippen LogP contribution is 2.31. The normalized spacial score (nSPS) is 18.6. The van der Waals surface area contributed by atoms with Crippen molar-refractivity contribution in [3.05, 3.63) is 72.1 Å². The average Bonchev–Trinajstić information content (AvgIpc) is 3.51. The molecule has 5 rings (SSSR count). The number of para-hydroxylation sites is 2. The van der Waals surface area contributed by atoms with Crippen LogP contribution in [0.2, 0.25) is 0 Å². The molecule has 0 radical (unpaired) electrons. The van der Waals surface area contributed by atoms with E-state index in [9.17, 15) is 9.59 Å². The lowest BCUT2D eigenvalue weighted by atomic mass is 9.78. The number of benzene rings is 2. The molecule has 2 amide bonds. The molecule has 0 bridgehead atoms. The minimum Gasteiger partial charge on any atom is -0.361 e. The fraction of sp³-hybridized carbons (Fsp3) is 0.308. The zero-order valence-electron chi connectivity index (χ0n) is 18.0. The van der Waals surface area contributed by atoms with Crippen LogP contribution in [0.1, 0.15) is 36.8 Å². The first kappa shape index (κ1) is 20.4. The lowest BCUT2D eigenvalue weighted by molar-refractivity contribution is -0.136. The number of rotatable bonds is 6. The number of fused-ring (bicyclic) bond motifs is 2. The summed E-state index contributed by atoms with van der Waals surface area (Å²) in [7, 11) is 0. The monoisotopic (exact) mass is 428 g/mol. The summed E-state index contributed by atoms with van der Waals surface area (Å²) in [6, 6.07) is 16.2. The van der Waals surface area contributed by atoms with Crippen LogP contribution in [0.3, 0.4) is 0 Å². The maximum Gasteiger partial charge on any atom is 0.224 e. The number of amides is 2. The van der Waals surface area contributed by atoms with Gasteiger partial charge in [0.2, 0.25) is 11.8 Å². The molecule has 1 aliphatic rings. The maximum absolute atomic E-state index is 13.1. The molecule has 32 heavy (non-hydrogen) atoms. The molecule has 6 heteroatoms. The molecular formula is C26H28N4O2. The minimum atomic E-state index is -0.284. The predicted octanol–water partition coefficient (Wildman–Crippen LogP) is 4.39. The summed E-state index contributed by atoms with van der Waals surface area (Å²) in [5.74, 6) is -0.625. The molecular weight excluding hydrogens is 400 g/mol. The van der Waals surface area contributed by atoms with E-state index in [1.807, 2.05) is 60.9 Å². The number of hydrogen-bond donors (Lipinski definition) is 4. The van der Waals surface area contributed by atoms with Gasteiger partial charge >= 0.3 is 0 Å². The molecule has 2 aromatic heterocycles. The first-order valence-corrected chi connectivity index (χ1v) is 11.4. The van der Waals surface area contributed by atoms with Gasteiger partial charge in [-0.3, -0.25) is 9.59 Å². The second-order valence-corrected chi connectivity index (χ2v) is 8.65. The van der Waals surface area contributed by atoms with Gasteiger partial charge in [-0.25, -0.2) is 0 Å². The molecule has 2 atom stereocenters. The number of hydrogen-bond acceptors (Lipinski definition) is 2. The average molecular weight is 429 g/mol. The molecule has 2 heterocycles. The van der Waals surface area contributed by atoms with Gasteiger partial charge in [0.25, 0.3) is 0 Å². The predicted molar refractivity (Wildman–Crippen MR) is 126 cm³/mol. The van der Waals surface area contributed by atoms with Gasteiger partial charge < -0.3 is 20.6 Å². The molecule has 4 N–H and O–H groups in total. The SMILES string of the molecule is O=C(NCc1cccc2cc[nH]c12)[C@@H]1CCCC[C@H]1C(=O)NCc1cccc2cc[nH]c12. The van der Waals surface area contributed by atoms with E-state index in [2.05, 4.69) is 20.6 Å². The van der Waals surface area contributed by atoms with E-state index < -0.39 is 0 Å². The number of carbonyl (C=O) groups excluding carboxylic acids is 2. The first-order valence-electron chi connectivity index (χ1n) is 11.4. The second kappa shape index (κ2) is 8.91. The third-order valence-corrected chi connectivity index (χ3v) is 6.69. The van der Waals surface area contributed by atoms with E-state index in [0.29, 0.717) is 13.1 Å². The van der Waals surface area contributed by atoms with E-state index in [4.69, 9.17) is 0 Å². The summed E-state index contributed by atoms with van der Waals surface area (Å²) in [5, 5.41) is 8.43. The van der Waals surface area contributed by atoms with Crippen molar-refractivity contribution >= 4 is 33.6 Å². The highest BCUT2D eigenvalue weighted by atomic mass is 16.2. The molecule has 0 saturated heterocycles. The number of aromatic amines is 2. The lowest BCUT2D eigenvalue weighted by Gasteiger charge is -2.29. The molecule has 4 aromatic rings. The van der Waals surface area contributed by atoms with Gasteiger partial charge in [-0.05, 0) is 46.9 Å². The largest absolute Gasteiger partial charge is 0.361 e. The highest BCUT2D eigenvalue weighted by Gasteiger charge is 2.35. The Kier molecular flexibility index (Phi) is 5.67. The molecule has 164 valence electrons. The van der Waals surface area contributed by atoms with Crippen LogP contribution >= 0.6 is 0 Å². The minimum absolute atomic E-state index is 0.0279. The highest BCUT2D eigenvalue weighted by molar-refractivity contribution is 5.89. The van der Waals surface area contributed by atoms with Crippen molar-refractivity contribution in [3.8, 4) is 0 Å². The Bertz CT molecular complexity index is 1160. The van der Waals surface area contributed by atoms with E-state index in [1.165, 1.54) is 0 Å². The topological polar surface area (TPSA) is 89.8 Å². The Morgan fingerprint density at radius 1 is 0.719 bits per heavy atom. The lowest BCUT2D eigenvalue weighted by Crippen LogP contribution is -2.43. The van der Waals surface area contributed by atoms with E-state index in [0.717, 1.165) is 58.6 Å². The summed E-state index contributed by atoms with van der Waals surface area (Å²) in [6.45, 7) is 0.909. The van der Waals surface area contributed by atoms with E-state index >= 15 is 0 Å². The van der Waals surface area contributed by atoms with Crippen LogP contribution < -0.4 is 10.6 Å². The van der Waals surface area contributed by atoms with Gasteiger partial charge in [0.05, 0.1) is 11.0 Å². The van der Waals surface area contributed by atoms with Crippen molar-refractivity contribution in [2.45, 2.75) is 38.8 Å². The maximum atomic E-state index is 13.1. The van der Waals surface area contributed by atoms with Gasteiger partial charge in [-0.15, -0.1) is 0 Å². The third kappa shape index (κ3) is 4.00. The molecule has 0 aliphatic heterocycles. The standard InChI is InChI=1S/C26H28N4O2/c31-25(29-15-19-7-3-5-17-11-13-27-23(17)19)21-9-1-2-10-22(21)26(32)30-16-20-8-4-6-18-12-14-28-24(18)20/h3-8,11-14,21-22,27-28H,1-2,9-10,15-16H2,(H,29,31)(H,30,32)/t21-,22-/m1/s1. The van der Waals surface area contributed by atoms with Gasteiger partial charge in [0.1, 0.15) is 0 Å². The van der Waals surface area contributed by atoms with Crippen LogP contribution in [0.4, 0.5) is 0 Å². The van der Waals surface area contributed by atoms with Crippen molar-refractivity contribution in [1.29, 1.82) is 0 Å². The summed E-state index contributed by atoms with van der Waals surface area (Å²) >= 11 is 0. The molecule has 1 aliphatic carbocycles. The molecule has 0 unspecified atom stereocenters. The van der Waals surface area contributed by atoms with Crippen molar-refractivity contribution in [1.82, 2.24) is 20.6 Å². The first-order chi connectivity index (χ1) is 15.7. The second-order valence-electron chi connectivity index (χ2n) is 8.65. The molecule has 1 fully saturated rings. The van der Waals surface area contributed by atoms with Gasteiger partial charge in [0.15, 0.2) is 0 Å². The van der Waals surface area contributed by atoms with E-state index in [1.54, 1.807) is 0 Å². The Balaban J connectivity index is 1.23. The summed E-state index contributed by atoms with van der Waals surface area (Å²) in [4.78, 5) is 32.6. The Morgan fingerprint density at radius 3 is 1.66 bits per heavy atom. The Morgan fingerprint density at radius 2 is 1.19 bits per heavy atom. The van der Waals surface area contributed by atoms with Gasteiger partial charge in [-0.2, -0.15) is 0 Å². The van der Waals surface area contributed by atoms with Crippen molar-refractivity contribution in [3.63, 3.8) is 0 Å². The third-order valence-electron chi connectivity index (χ3n) is 6.69. The van der Waals surface area contributed by atoms with Crippen molar-refractivity contribution in [2.24, 2.45) is 11.8 Å². The number of aromatic nitrogens is 2. The summed E-state index contributed by atoms with van der Waals surface area (Å²) in [6.07, 6.45) is 7.29. The molecule has 2 aromatic carbocycles. The van der Waals surface area contributed by atoms with Gasteiger partial charge in [-0.1, -0.05) is 49.2 Å². The van der Waals surface area contributed by atoms with Crippen LogP contribution in [-0.4, -0.2) is 21.8 Å². The van der Waals surface area contributed by atoms with Crippen LogP contribution in [0.5, 0.6) is 0 Å². The molecule has 0 spiro atoms. The summed E-state index contributed by atoms with van der Waals surface area (Å²) < 4.78 is 0. The van der Waals surface area contributed by atoms with Crippen LogP contribution in [0, 0.1) is 11.8 Å². The zero-order chi connectivity index (χ0) is 21.9. The zero-order valence-corrected chi connectivity index (χ0v) is 18.0. The number of H-pyrrole nitrogens is 2.